The zero-order valence-corrected chi connectivity index (χ0v) is 19.3. The van der Waals surface area contributed by atoms with Gasteiger partial charge >= 0.3 is 0 Å². The summed E-state index contributed by atoms with van der Waals surface area (Å²) in [6.45, 7) is 7.85. The molecule has 2 saturated heterocycles. The molecule has 2 aromatic rings. The Morgan fingerprint density at radius 2 is 2.16 bits per heavy atom. The van der Waals surface area contributed by atoms with Crippen molar-refractivity contribution in [2.45, 2.75) is 26.0 Å². The van der Waals surface area contributed by atoms with Crippen molar-refractivity contribution < 1.29 is 19.0 Å². The number of nitrogens with zero attached hydrogens (tertiary/aromatic N) is 2. The first-order chi connectivity index (χ1) is 15.7. The number of morpholine rings is 1. The van der Waals surface area contributed by atoms with E-state index in [0.29, 0.717) is 19.1 Å². The van der Waals surface area contributed by atoms with Gasteiger partial charge in [-0.15, -0.1) is 11.3 Å². The highest BCUT2D eigenvalue weighted by molar-refractivity contribution is 7.09. The summed E-state index contributed by atoms with van der Waals surface area (Å²) in [5.41, 5.74) is 1.78. The summed E-state index contributed by atoms with van der Waals surface area (Å²) in [6.07, 6.45) is 4.42. The fourth-order valence-corrected chi connectivity index (χ4v) is 4.76. The number of aryl methyl sites for hydroxylation is 1. The number of nitrogens with one attached hydrogen (secondary N) is 1. The molecule has 2 unspecified atom stereocenters. The van der Waals surface area contributed by atoms with Gasteiger partial charge in [-0.3, -0.25) is 9.69 Å². The van der Waals surface area contributed by atoms with Crippen LogP contribution in [0.4, 0.5) is 0 Å². The second kappa shape index (κ2) is 11.6. The van der Waals surface area contributed by atoms with Crippen LogP contribution in [0.3, 0.4) is 0 Å². The second-order valence-corrected chi connectivity index (χ2v) is 9.16. The molecule has 2 atom stereocenters. The average Bonchev–Trinajstić information content (AvgIpc) is 3.50. The molecule has 2 fully saturated rings. The van der Waals surface area contributed by atoms with Crippen molar-refractivity contribution in [1.29, 1.82) is 0 Å². The standard InChI is InChI=1S/C24H31N3O4S/c1-18-26-21(17-32-18)16-31-23-5-3-2-4-19(23)6-7-24(28)25-14-22(20-8-11-30-15-20)27-9-12-29-13-10-27/h2-7,17,20,22H,8-16H2,1H3,(H,25,28)/b7-6+. The summed E-state index contributed by atoms with van der Waals surface area (Å²) in [7, 11) is 0. The SMILES string of the molecule is Cc1nc(COc2ccccc2/C=C/C(=O)NCC(C2CCOC2)N2CCOCC2)cs1. The Labute approximate surface area is 193 Å². The number of benzene rings is 1. The van der Waals surface area contributed by atoms with Crippen molar-refractivity contribution >= 4 is 23.3 Å². The van der Waals surface area contributed by atoms with Crippen LogP contribution in [0.2, 0.25) is 0 Å². The normalized spacial score (nSPS) is 20.5. The highest BCUT2D eigenvalue weighted by Gasteiger charge is 2.31. The molecule has 0 radical (unpaired) electrons. The maximum Gasteiger partial charge on any atom is 0.244 e. The van der Waals surface area contributed by atoms with Crippen LogP contribution < -0.4 is 10.1 Å². The molecule has 0 aliphatic carbocycles. The second-order valence-electron chi connectivity index (χ2n) is 8.10. The molecule has 8 heteroatoms. The van der Waals surface area contributed by atoms with Crippen molar-refractivity contribution in [1.82, 2.24) is 15.2 Å². The van der Waals surface area contributed by atoms with E-state index >= 15 is 0 Å². The summed E-state index contributed by atoms with van der Waals surface area (Å²) in [4.78, 5) is 19.4. The predicted octanol–water partition coefficient (Wildman–Crippen LogP) is 2.90. The number of thiazole rings is 1. The van der Waals surface area contributed by atoms with Gasteiger partial charge in [-0.1, -0.05) is 18.2 Å². The first-order valence-electron chi connectivity index (χ1n) is 11.2. The zero-order chi connectivity index (χ0) is 22.2. The molecule has 1 N–H and O–H groups in total. The van der Waals surface area contributed by atoms with Crippen molar-refractivity contribution in [3.05, 3.63) is 52.0 Å². The molecule has 172 valence electrons. The van der Waals surface area contributed by atoms with Crippen LogP contribution in [-0.2, 0) is 20.9 Å². The van der Waals surface area contributed by atoms with Crippen LogP contribution in [-0.4, -0.2) is 67.9 Å². The Balaban J connectivity index is 1.33. The fraction of sp³-hybridized carbons (Fsp3) is 0.500. The quantitative estimate of drug-likeness (QED) is 0.584. The molecular weight excluding hydrogens is 426 g/mol. The number of hydrogen-bond acceptors (Lipinski definition) is 7. The van der Waals surface area contributed by atoms with Crippen LogP contribution in [0.25, 0.3) is 6.08 Å². The lowest BCUT2D eigenvalue weighted by atomic mass is 9.97. The third kappa shape index (κ3) is 6.38. The first kappa shape index (κ1) is 22.9. The highest BCUT2D eigenvalue weighted by atomic mass is 32.1. The number of rotatable bonds is 9. The van der Waals surface area contributed by atoms with E-state index in [-0.39, 0.29) is 11.9 Å². The maximum absolute atomic E-state index is 12.6. The predicted molar refractivity (Wildman–Crippen MR) is 125 cm³/mol. The minimum Gasteiger partial charge on any atom is -0.487 e. The molecule has 0 spiro atoms. The number of hydrogen-bond donors (Lipinski definition) is 1. The first-order valence-corrected chi connectivity index (χ1v) is 12.1. The monoisotopic (exact) mass is 457 g/mol. The van der Waals surface area contributed by atoms with Crippen molar-refractivity contribution in [3.8, 4) is 5.75 Å². The molecule has 32 heavy (non-hydrogen) atoms. The molecule has 4 rings (SSSR count). The minimum atomic E-state index is -0.105. The summed E-state index contributed by atoms with van der Waals surface area (Å²) in [5, 5.41) is 6.12. The van der Waals surface area contributed by atoms with Crippen LogP contribution in [0.15, 0.2) is 35.7 Å². The fourth-order valence-electron chi connectivity index (χ4n) is 4.16. The minimum absolute atomic E-state index is 0.105. The van der Waals surface area contributed by atoms with Gasteiger partial charge in [0, 0.05) is 55.2 Å². The molecule has 2 aliphatic heterocycles. The summed E-state index contributed by atoms with van der Waals surface area (Å²) >= 11 is 1.61. The Hall–Kier alpha value is -2.26. The molecular formula is C24H31N3O4S. The van der Waals surface area contributed by atoms with Gasteiger partial charge in [0.25, 0.3) is 0 Å². The number of amides is 1. The number of aromatic nitrogens is 1. The molecule has 1 aromatic heterocycles. The molecule has 7 nitrogen and oxygen atoms in total. The highest BCUT2D eigenvalue weighted by Crippen LogP contribution is 2.23. The largest absolute Gasteiger partial charge is 0.487 e. The summed E-state index contributed by atoms with van der Waals surface area (Å²) < 4.78 is 17.1. The van der Waals surface area contributed by atoms with Crippen LogP contribution in [0, 0.1) is 12.8 Å². The summed E-state index contributed by atoms with van der Waals surface area (Å²) in [5.74, 6) is 1.07. The van der Waals surface area contributed by atoms with Crippen LogP contribution in [0.1, 0.15) is 22.7 Å². The maximum atomic E-state index is 12.6. The smallest absolute Gasteiger partial charge is 0.244 e. The van der Waals surface area contributed by atoms with E-state index < -0.39 is 0 Å². The molecule has 0 saturated carbocycles. The van der Waals surface area contributed by atoms with Gasteiger partial charge < -0.3 is 19.5 Å². The molecule has 1 amide bonds. The van der Waals surface area contributed by atoms with E-state index in [4.69, 9.17) is 14.2 Å². The third-order valence-electron chi connectivity index (χ3n) is 5.88. The number of carbonyl (C=O) groups excluding carboxylic acids is 1. The topological polar surface area (TPSA) is 72.9 Å². The van der Waals surface area contributed by atoms with Gasteiger partial charge in [0.15, 0.2) is 0 Å². The van der Waals surface area contributed by atoms with Gasteiger partial charge in [-0.25, -0.2) is 4.98 Å². The van der Waals surface area contributed by atoms with E-state index in [1.54, 1.807) is 23.5 Å². The third-order valence-corrected chi connectivity index (χ3v) is 6.71. The van der Waals surface area contributed by atoms with Gasteiger partial charge in [0.05, 0.1) is 30.5 Å². The van der Waals surface area contributed by atoms with E-state index in [0.717, 1.165) is 68.0 Å². The van der Waals surface area contributed by atoms with Crippen LogP contribution >= 0.6 is 11.3 Å². The van der Waals surface area contributed by atoms with Gasteiger partial charge in [0.2, 0.25) is 5.91 Å². The lowest BCUT2D eigenvalue weighted by molar-refractivity contribution is -0.116. The Morgan fingerprint density at radius 1 is 1.31 bits per heavy atom. The molecule has 1 aromatic carbocycles. The lowest BCUT2D eigenvalue weighted by Gasteiger charge is -2.37. The van der Waals surface area contributed by atoms with Gasteiger partial charge in [0.1, 0.15) is 12.4 Å². The molecule has 2 aliphatic rings. The lowest BCUT2D eigenvalue weighted by Crippen LogP contribution is -2.52. The van der Waals surface area contributed by atoms with E-state index in [2.05, 4.69) is 15.2 Å². The van der Waals surface area contributed by atoms with Crippen LogP contribution in [0.5, 0.6) is 5.75 Å². The Bertz CT molecular complexity index is 904. The number of para-hydroxylation sites is 1. The van der Waals surface area contributed by atoms with Crippen molar-refractivity contribution in [2.75, 3.05) is 46.1 Å². The van der Waals surface area contributed by atoms with Crippen molar-refractivity contribution in [3.63, 3.8) is 0 Å². The zero-order valence-electron chi connectivity index (χ0n) is 18.5. The van der Waals surface area contributed by atoms with Gasteiger partial charge in [-0.05, 0) is 25.5 Å². The van der Waals surface area contributed by atoms with E-state index in [9.17, 15) is 4.79 Å². The Kier molecular flexibility index (Phi) is 8.28. The molecule has 0 bridgehead atoms. The van der Waals surface area contributed by atoms with Gasteiger partial charge in [-0.2, -0.15) is 0 Å². The van der Waals surface area contributed by atoms with E-state index in [1.807, 2.05) is 36.6 Å². The average molecular weight is 458 g/mol. The summed E-state index contributed by atoms with van der Waals surface area (Å²) in [6, 6.07) is 7.99. The van der Waals surface area contributed by atoms with E-state index in [1.165, 1.54) is 0 Å². The number of carbonyl (C=O) groups is 1. The Morgan fingerprint density at radius 3 is 2.91 bits per heavy atom. The number of ether oxygens (including phenoxy) is 3. The molecule has 3 heterocycles. The van der Waals surface area contributed by atoms with Crippen molar-refractivity contribution in [2.24, 2.45) is 5.92 Å².